The number of hydrogen-bond donors (Lipinski definition) is 1. The fourth-order valence-electron chi connectivity index (χ4n) is 6.14. The van der Waals surface area contributed by atoms with Crippen molar-refractivity contribution in [1.82, 2.24) is 4.98 Å². The van der Waals surface area contributed by atoms with Gasteiger partial charge in [0.15, 0.2) is 5.78 Å². The standard InChI is InChI=1S/C32H36N4O/c1-23(37)26-8-4-9-27(19-26)28-15-16-34-32(20-28)35-31-10-3-2-7-29(31)18-25-6-5-17-36(22-25)30-13-11-24(21-33)12-14-30/h4,8-9,11-16,19-20,25,29,31H,2-3,5-7,10,17-18,22H2,1H3,(H,34,35)/t25-,29+,31-/m1/s1. The molecule has 2 aromatic carbocycles. The lowest BCUT2D eigenvalue weighted by Crippen LogP contribution is -2.39. The van der Waals surface area contributed by atoms with Crippen LogP contribution in [0.2, 0.25) is 0 Å². The van der Waals surface area contributed by atoms with Crippen LogP contribution in [0.15, 0.2) is 66.9 Å². The van der Waals surface area contributed by atoms with Gasteiger partial charge in [-0.1, -0.05) is 31.0 Å². The van der Waals surface area contributed by atoms with Gasteiger partial charge >= 0.3 is 0 Å². The van der Waals surface area contributed by atoms with E-state index in [1.807, 2.05) is 42.6 Å². The molecule has 0 bridgehead atoms. The third-order valence-electron chi connectivity index (χ3n) is 8.12. The Morgan fingerprint density at radius 3 is 2.65 bits per heavy atom. The van der Waals surface area contributed by atoms with Crippen molar-refractivity contribution in [2.75, 3.05) is 23.3 Å². The number of pyridine rings is 1. The molecule has 2 fully saturated rings. The number of carbonyl (C=O) groups is 1. The molecule has 37 heavy (non-hydrogen) atoms. The van der Waals surface area contributed by atoms with Gasteiger partial charge in [-0.05, 0) is 104 Å². The molecule has 1 saturated carbocycles. The molecule has 2 heterocycles. The van der Waals surface area contributed by atoms with Gasteiger partial charge in [-0.25, -0.2) is 4.98 Å². The summed E-state index contributed by atoms with van der Waals surface area (Å²) < 4.78 is 0. The van der Waals surface area contributed by atoms with Gasteiger partial charge in [-0.3, -0.25) is 4.79 Å². The predicted octanol–water partition coefficient (Wildman–Crippen LogP) is 7.10. The number of hydrogen-bond acceptors (Lipinski definition) is 5. The van der Waals surface area contributed by atoms with Gasteiger partial charge in [0.2, 0.25) is 0 Å². The smallest absolute Gasteiger partial charge is 0.159 e. The van der Waals surface area contributed by atoms with E-state index in [1.54, 1.807) is 6.92 Å². The summed E-state index contributed by atoms with van der Waals surface area (Å²) in [5.41, 5.74) is 4.81. The van der Waals surface area contributed by atoms with Crippen LogP contribution in [0.25, 0.3) is 11.1 Å². The Kier molecular flexibility index (Phi) is 7.84. The maximum absolute atomic E-state index is 11.8. The summed E-state index contributed by atoms with van der Waals surface area (Å²) in [5, 5.41) is 12.9. The van der Waals surface area contributed by atoms with Crippen LogP contribution < -0.4 is 10.2 Å². The van der Waals surface area contributed by atoms with E-state index < -0.39 is 0 Å². The first-order valence-electron chi connectivity index (χ1n) is 13.7. The molecule has 1 aliphatic carbocycles. The molecule has 5 rings (SSSR count). The Balaban J connectivity index is 1.25. The number of Topliss-reactive ketones (excluding diaryl/α,β-unsaturated/α-hetero) is 1. The van der Waals surface area contributed by atoms with E-state index in [2.05, 4.69) is 45.5 Å². The average Bonchev–Trinajstić information content (AvgIpc) is 2.94. The summed E-state index contributed by atoms with van der Waals surface area (Å²) in [7, 11) is 0. The molecule has 3 aromatic rings. The van der Waals surface area contributed by atoms with Gasteiger partial charge in [0.25, 0.3) is 0 Å². The van der Waals surface area contributed by atoms with Crippen molar-refractivity contribution in [2.45, 2.75) is 57.9 Å². The van der Waals surface area contributed by atoms with Crippen molar-refractivity contribution in [2.24, 2.45) is 11.8 Å². The van der Waals surface area contributed by atoms with E-state index in [4.69, 9.17) is 5.26 Å². The van der Waals surface area contributed by atoms with Gasteiger partial charge in [0.05, 0.1) is 11.6 Å². The number of rotatable bonds is 7. The second-order valence-electron chi connectivity index (χ2n) is 10.7. The first kappa shape index (κ1) is 25.0. The summed E-state index contributed by atoms with van der Waals surface area (Å²) in [6.45, 7) is 3.80. The van der Waals surface area contributed by atoms with Gasteiger partial charge in [-0.2, -0.15) is 5.26 Å². The summed E-state index contributed by atoms with van der Waals surface area (Å²) in [6, 6.07) is 22.7. The number of carbonyl (C=O) groups excluding carboxylic acids is 1. The van der Waals surface area contributed by atoms with E-state index >= 15 is 0 Å². The Labute approximate surface area is 220 Å². The van der Waals surface area contributed by atoms with Crippen LogP contribution in [0, 0.1) is 23.2 Å². The van der Waals surface area contributed by atoms with Crippen LogP contribution in [0.3, 0.4) is 0 Å². The zero-order valence-electron chi connectivity index (χ0n) is 21.7. The van der Waals surface area contributed by atoms with Crippen molar-refractivity contribution in [3.8, 4) is 17.2 Å². The molecule has 2 aliphatic rings. The van der Waals surface area contributed by atoms with Crippen LogP contribution in [0.4, 0.5) is 11.5 Å². The summed E-state index contributed by atoms with van der Waals surface area (Å²) in [5.74, 6) is 2.34. The van der Waals surface area contributed by atoms with Gasteiger partial charge < -0.3 is 10.2 Å². The lowest BCUT2D eigenvalue weighted by molar-refractivity contribution is 0.101. The fourth-order valence-corrected chi connectivity index (χ4v) is 6.14. The van der Waals surface area contributed by atoms with Gasteiger partial charge in [-0.15, -0.1) is 0 Å². The van der Waals surface area contributed by atoms with Crippen LogP contribution >= 0.6 is 0 Å². The molecule has 190 valence electrons. The zero-order valence-corrected chi connectivity index (χ0v) is 21.7. The highest BCUT2D eigenvalue weighted by atomic mass is 16.1. The molecule has 0 amide bonds. The number of ketones is 1. The zero-order chi connectivity index (χ0) is 25.6. The number of nitriles is 1. The highest BCUT2D eigenvalue weighted by molar-refractivity contribution is 5.95. The summed E-state index contributed by atoms with van der Waals surface area (Å²) >= 11 is 0. The van der Waals surface area contributed by atoms with Crippen molar-refractivity contribution >= 4 is 17.3 Å². The number of benzene rings is 2. The first-order valence-corrected chi connectivity index (χ1v) is 13.7. The Bertz CT molecular complexity index is 1260. The number of anilines is 2. The molecule has 1 N–H and O–H groups in total. The van der Waals surface area contributed by atoms with Crippen LogP contribution in [0.5, 0.6) is 0 Å². The van der Waals surface area contributed by atoms with Gasteiger partial charge in [0, 0.05) is 36.6 Å². The molecule has 0 unspecified atom stereocenters. The molecule has 1 saturated heterocycles. The maximum Gasteiger partial charge on any atom is 0.159 e. The molecule has 1 aromatic heterocycles. The number of nitrogens with zero attached hydrogens (tertiary/aromatic N) is 3. The molecular weight excluding hydrogens is 456 g/mol. The Hall–Kier alpha value is -3.65. The van der Waals surface area contributed by atoms with Crippen molar-refractivity contribution in [3.05, 3.63) is 78.0 Å². The lowest BCUT2D eigenvalue weighted by Gasteiger charge is -2.39. The Morgan fingerprint density at radius 1 is 1.03 bits per heavy atom. The fraction of sp³-hybridized carbons (Fsp3) is 0.406. The maximum atomic E-state index is 11.8. The predicted molar refractivity (Wildman–Crippen MR) is 150 cm³/mol. The van der Waals surface area contributed by atoms with E-state index in [-0.39, 0.29) is 5.78 Å². The second kappa shape index (κ2) is 11.6. The third kappa shape index (κ3) is 6.20. The van der Waals surface area contributed by atoms with Crippen LogP contribution in [-0.2, 0) is 0 Å². The highest BCUT2D eigenvalue weighted by Gasteiger charge is 2.30. The average molecular weight is 493 g/mol. The minimum atomic E-state index is 0.0831. The van der Waals surface area contributed by atoms with Crippen molar-refractivity contribution in [3.63, 3.8) is 0 Å². The summed E-state index contributed by atoms with van der Waals surface area (Å²) in [4.78, 5) is 19.0. The summed E-state index contributed by atoms with van der Waals surface area (Å²) in [6.07, 6.45) is 10.6. The van der Waals surface area contributed by atoms with Crippen molar-refractivity contribution < 1.29 is 4.79 Å². The third-order valence-corrected chi connectivity index (χ3v) is 8.12. The molecular formula is C32H36N4O. The monoisotopic (exact) mass is 492 g/mol. The molecule has 5 nitrogen and oxygen atoms in total. The molecule has 5 heteroatoms. The first-order chi connectivity index (χ1) is 18.1. The normalized spacial score (nSPS) is 21.7. The van der Waals surface area contributed by atoms with Gasteiger partial charge in [0.1, 0.15) is 5.82 Å². The van der Waals surface area contributed by atoms with E-state index in [0.717, 1.165) is 41.2 Å². The van der Waals surface area contributed by atoms with E-state index in [1.165, 1.54) is 50.6 Å². The van der Waals surface area contributed by atoms with E-state index in [0.29, 0.717) is 17.9 Å². The second-order valence-corrected chi connectivity index (χ2v) is 10.7. The number of piperidine rings is 1. The van der Waals surface area contributed by atoms with Crippen LogP contribution in [-0.4, -0.2) is 29.9 Å². The molecule has 0 spiro atoms. The number of aromatic nitrogens is 1. The Morgan fingerprint density at radius 2 is 1.84 bits per heavy atom. The minimum Gasteiger partial charge on any atom is -0.371 e. The molecule has 0 radical (unpaired) electrons. The van der Waals surface area contributed by atoms with Crippen LogP contribution in [0.1, 0.15) is 67.8 Å². The SMILES string of the molecule is CC(=O)c1cccc(-c2ccnc(N[C@@H]3CCCC[C@H]3C[C@H]3CCCN(c4ccc(C#N)cc4)C3)c2)c1. The molecule has 1 aliphatic heterocycles. The van der Waals surface area contributed by atoms with Crippen molar-refractivity contribution in [1.29, 1.82) is 5.26 Å². The number of nitrogens with one attached hydrogen (secondary N) is 1. The minimum absolute atomic E-state index is 0.0831. The topological polar surface area (TPSA) is 69.0 Å². The molecule has 3 atom stereocenters. The lowest BCUT2D eigenvalue weighted by atomic mass is 9.77. The largest absolute Gasteiger partial charge is 0.371 e. The van der Waals surface area contributed by atoms with E-state index in [9.17, 15) is 4.79 Å². The highest BCUT2D eigenvalue weighted by Crippen LogP contribution is 2.35. The quantitative estimate of drug-likeness (QED) is 0.356.